The summed E-state index contributed by atoms with van der Waals surface area (Å²) in [7, 11) is -3.88. The summed E-state index contributed by atoms with van der Waals surface area (Å²) in [6.45, 7) is 2.28. The highest BCUT2D eigenvalue weighted by atomic mass is 32.3. The van der Waals surface area contributed by atoms with Gasteiger partial charge in [-0.25, -0.2) is 8.37 Å². The maximum absolute atomic E-state index is 11.2. The lowest BCUT2D eigenvalue weighted by atomic mass is 10.1. The van der Waals surface area contributed by atoms with Gasteiger partial charge >= 0.3 is 10.4 Å². The first kappa shape index (κ1) is 20.8. The molecule has 6 heteroatoms. The van der Waals surface area contributed by atoms with Crippen LogP contribution in [0.4, 0.5) is 0 Å². The normalized spacial score (nSPS) is 11.9. The van der Waals surface area contributed by atoms with Gasteiger partial charge in [0.15, 0.2) is 0 Å². The zero-order valence-electron chi connectivity index (χ0n) is 13.4. The summed E-state index contributed by atoms with van der Waals surface area (Å²) in [5, 5.41) is 8.52. The van der Waals surface area contributed by atoms with Crippen molar-refractivity contribution < 1.29 is 21.9 Å². The molecule has 0 rings (SSSR count). The van der Waals surface area contributed by atoms with E-state index < -0.39 is 10.4 Å². The van der Waals surface area contributed by atoms with Crippen LogP contribution in [0.1, 0.15) is 77.6 Å². The minimum Gasteiger partial charge on any atom is -0.396 e. The van der Waals surface area contributed by atoms with Gasteiger partial charge in [-0.15, -0.1) is 0 Å². The summed E-state index contributed by atoms with van der Waals surface area (Å²) in [6.07, 6.45) is 12.2. The number of unbranched alkanes of at least 4 members (excludes halogenated alkanes) is 9. The molecule has 0 aliphatic heterocycles. The molecule has 0 unspecified atom stereocenters. The average Bonchev–Trinajstić information content (AvgIpc) is 2.45. The molecule has 0 fully saturated rings. The van der Waals surface area contributed by atoms with E-state index in [1.54, 1.807) is 0 Å². The van der Waals surface area contributed by atoms with E-state index in [4.69, 9.17) is 9.29 Å². The summed E-state index contributed by atoms with van der Waals surface area (Å²) >= 11 is 0. The van der Waals surface area contributed by atoms with Crippen LogP contribution in [0.25, 0.3) is 0 Å². The lowest BCUT2D eigenvalue weighted by Gasteiger charge is -2.05. The Hall–Kier alpha value is -0.170. The van der Waals surface area contributed by atoms with Crippen LogP contribution in [0.15, 0.2) is 0 Å². The quantitative estimate of drug-likeness (QED) is 0.439. The Morgan fingerprint density at radius 1 is 0.714 bits per heavy atom. The fourth-order valence-corrected chi connectivity index (χ4v) is 2.72. The smallest absolute Gasteiger partial charge is 0.396 e. The number of hydrogen-bond donors (Lipinski definition) is 1. The van der Waals surface area contributed by atoms with Crippen molar-refractivity contribution in [2.75, 3.05) is 19.8 Å². The predicted molar refractivity (Wildman–Crippen MR) is 84.4 cm³/mol. The molecule has 21 heavy (non-hydrogen) atoms. The SMILES string of the molecule is CCCCCCCCCCCCOS(=O)(=O)OCCCO. The maximum Gasteiger partial charge on any atom is 0.399 e. The Balaban J connectivity index is 3.28. The molecule has 0 amide bonds. The van der Waals surface area contributed by atoms with Crippen LogP contribution in [0.5, 0.6) is 0 Å². The first-order chi connectivity index (χ1) is 10.1. The Morgan fingerprint density at radius 3 is 1.62 bits per heavy atom. The van der Waals surface area contributed by atoms with Gasteiger partial charge in [-0.3, -0.25) is 0 Å². The van der Waals surface area contributed by atoms with Crippen LogP contribution in [0.3, 0.4) is 0 Å². The molecule has 0 radical (unpaired) electrons. The number of aliphatic hydroxyl groups is 1. The molecule has 0 saturated heterocycles. The van der Waals surface area contributed by atoms with E-state index in [0.29, 0.717) is 6.42 Å². The second kappa shape index (κ2) is 14.8. The molecule has 5 nitrogen and oxygen atoms in total. The highest BCUT2D eigenvalue weighted by Crippen LogP contribution is 2.10. The molecular weight excluding hydrogens is 292 g/mol. The van der Waals surface area contributed by atoms with Crippen molar-refractivity contribution in [3.05, 3.63) is 0 Å². The molecular formula is C15H32O5S. The van der Waals surface area contributed by atoms with Crippen LogP contribution < -0.4 is 0 Å². The number of hydrogen-bond acceptors (Lipinski definition) is 5. The van der Waals surface area contributed by atoms with Crippen molar-refractivity contribution in [3.63, 3.8) is 0 Å². The van der Waals surface area contributed by atoms with Crippen LogP contribution in [0.2, 0.25) is 0 Å². The molecule has 0 saturated carbocycles. The molecule has 0 atom stereocenters. The molecule has 0 spiro atoms. The fraction of sp³-hybridized carbons (Fsp3) is 1.00. The Bertz CT molecular complexity index is 303. The van der Waals surface area contributed by atoms with Gasteiger partial charge in [0, 0.05) is 6.61 Å². The molecule has 0 aromatic rings. The largest absolute Gasteiger partial charge is 0.399 e. The van der Waals surface area contributed by atoms with Gasteiger partial charge < -0.3 is 5.11 Å². The van der Waals surface area contributed by atoms with E-state index >= 15 is 0 Å². The molecule has 0 bridgehead atoms. The first-order valence-corrected chi connectivity index (χ1v) is 9.60. The van der Waals surface area contributed by atoms with Crippen LogP contribution >= 0.6 is 0 Å². The van der Waals surface area contributed by atoms with Gasteiger partial charge in [0.05, 0.1) is 13.2 Å². The fourth-order valence-electron chi connectivity index (χ4n) is 2.01. The van der Waals surface area contributed by atoms with Crippen molar-refractivity contribution in [3.8, 4) is 0 Å². The van der Waals surface area contributed by atoms with Gasteiger partial charge in [0.2, 0.25) is 0 Å². The molecule has 0 aliphatic rings. The molecule has 128 valence electrons. The lowest BCUT2D eigenvalue weighted by Crippen LogP contribution is -2.12. The molecule has 0 heterocycles. The Labute approximate surface area is 130 Å². The molecule has 1 N–H and O–H groups in total. The van der Waals surface area contributed by atoms with Crippen molar-refractivity contribution >= 4 is 10.4 Å². The summed E-state index contributed by atoms with van der Waals surface area (Å²) < 4.78 is 31.7. The third kappa shape index (κ3) is 16.0. The highest BCUT2D eigenvalue weighted by Gasteiger charge is 2.10. The standard InChI is InChI=1S/C15H32O5S/c1-2-3-4-5-6-7-8-9-10-11-14-19-21(17,18)20-15-12-13-16/h16H,2-15H2,1H3. The van der Waals surface area contributed by atoms with Crippen molar-refractivity contribution in [1.29, 1.82) is 0 Å². The Morgan fingerprint density at radius 2 is 1.14 bits per heavy atom. The minimum absolute atomic E-state index is 0.0309. The topological polar surface area (TPSA) is 72.8 Å². The lowest BCUT2D eigenvalue weighted by molar-refractivity contribution is 0.190. The van der Waals surface area contributed by atoms with Gasteiger partial charge in [0.1, 0.15) is 0 Å². The minimum atomic E-state index is -3.88. The number of rotatable bonds is 16. The first-order valence-electron chi connectivity index (χ1n) is 8.27. The average molecular weight is 324 g/mol. The Kier molecular flexibility index (Phi) is 14.6. The molecule has 0 aromatic carbocycles. The summed E-state index contributed by atoms with van der Waals surface area (Å²) in [4.78, 5) is 0. The van der Waals surface area contributed by atoms with E-state index in [-0.39, 0.29) is 19.8 Å². The van der Waals surface area contributed by atoms with Gasteiger partial charge in [-0.1, -0.05) is 64.7 Å². The highest BCUT2D eigenvalue weighted by molar-refractivity contribution is 7.81. The predicted octanol–water partition coefficient (Wildman–Crippen LogP) is 3.57. The molecule has 0 aliphatic carbocycles. The second-order valence-corrected chi connectivity index (χ2v) is 6.60. The van der Waals surface area contributed by atoms with E-state index in [0.717, 1.165) is 19.3 Å². The maximum atomic E-state index is 11.2. The molecule has 0 aromatic heterocycles. The van der Waals surface area contributed by atoms with Gasteiger partial charge in [-0.05, 0) is 12.8 Å². The van der Waals surface area contributed by atoms with E-state index in [1.165, 1.54) is 44.9 Å². The monoisotopic (exact) mass is 324 g/mol. The summed E-state index contributed by atoms with van der Waals surface area (Å²) in [6, 6.07) is 0. The van der Waals surface area contributed by atoms with E-state index in [2.05, 4.69) is 11.1 Å². The summed E-state index contributed by atoms with van der Waals surface area (Å²) in [5.74, 6) is 0. The van der Waals surface area contributed by atoms with Crippen molar-refractivity contribution in [2.24, 2.45) is 0 Å². The van der Waals surface area contributed by atoms with Crippen molar-refractivity contribution in [1.82, 2.24) is 0 Å². The third-order valence-corrected chi connectivity index (χ3v) is 4.17. The third-order valence-electron chi connectivity index (χ3n) is 3.26. The van der Waals surface area contributed by atoms with E-state index in [9.17, 15) is 8.42 Å². The van der Waals surface area contributed by atoms with Crippen molar-refractivity contribution in [2.45, 2.75) is 77.6 Å². The van der Waals surface area contributed by atoms with E-state index in [1.807, 2.05) is 0 Å². The number of aliphatic hydroxyl groups excluding tert-OH is 1. The zero-order chi connectivity index (χ0) is 15.8. The zero-order valence-corrected chi connectivity index (χ0v) is 14.2. The van der Waals surface area contributed by atoms with Crippen LogP contribution in [0, 0.1) is 0 Å². The van der Waals surface area contributed by atoms with Crippen LogP contribution in [-0.2, 0) is 18.8 Å². The second-order valence-electron chi connectivity index (χ2n) is 5.31. The summed E-state index contributed by atoms with van der Waals surface area (Å²) in [5.41, 5.74) is 0. The van der Waals surface area contributed by atoms with Gasteiger partial charge in [0.25, 0.3) is 0 Å². The van der Waals surface area contributed by atoms with Gasteiger partial charge in [-0.2, -0.15) is 8.42 Å². The van der Waals surface area contributed by atoms with Crippen LogP contribution in [-0.4, -0.2) is 33.3 Å².